The molecule has 1 saturated heterocycles. The van der Waals surface area contributed by atoms with Gasteiger partial charge in [-0.2, -0.15) is 0 Å². The van der Waals surface area contributed by atoms with Crippen LogP contribution >= 0.6 is 0 Å². The van der Waals surface area contributed by atoms with E-state index in [1.807, 2.05) is 0 Å². The molecule has 0 spiro atoms. The van der Waals surface area contributed by atoms with Crippen molar-refractivity contribution in [3.63, 3.8) is 0 Å². The molecule has 8 nitrogen and oxygen atoms in total. The summed E-state index contributed by atoms with van der Waals surface area (Å²) in [6, 6.07) is 0. The van der Waals surface area contributed by atoms with Gasteiger partial charge >= 0.3 is 0 Å². The Labute approximate surface area is 256 Å². The van der Waals surface area contributed by atoms with E-state index in [0.717, 1.165) is 56.6 Å². The second kappa shape index (κ2) is 23.9. The third kappa shape index (κ3) is 18.8. The molecule has 0 aromatic rings. The second-order valence-corrected chi connectivity index (χ2v) is 12.2. The molecule has 2 fully saturated rings. The molecule has 2 aliphatic carbocycles. The Morgan fingerprint density at radius 3 is 2.19 bits per heavy atom. The molecule has 42 heavy (non-hydrogen) atoms. The van der Waals surface area contributed by atoms with Crippen molar-refractivity contribution in [3.8, 4) is 0 Å². The molecule has 5 N–H and O–H groups in total. The van der Waals surface area contributed by atoms with E-state index < -0.39 is 0 Å². The van der Waals surface area contributed by atoms with Crippen molar-refractivity contribution in [1.29, 1.82) is 0 Å². The van der Waals surface area contributed by atoms with Gasteiger partial charge in [0.15, 0.2) is 0 Å². The van der Waals surface area contributed by atoms with E-state index in [1.165, 1.54) is 81.7 Å². The third-order valence-electron chi connectivity index (χ3n) is 8.10. The van der Waals surface area contributed by atoms with E-state index in [4.69, 9.17) is 9.79 Å². The summed E-state index contributed by atoms with van der Waals surface area (Å²) in [5.41, 5.74) is 13.3. The summed E-state index contributed by atoms with van der Waals surface area (Å²) in [4.78, 5) is 35.2. The van der Waals surface area contributed by atoms with E-state index in [1.54, 1.807) is 0 Å². The number of hydrogen-bond acceptors (Lipinski definition) is 6. The fraction of sp³-hybridized carbons (Fsp3) is 0.706. The monoisotopic (exact) mass is 587 g/mol. The van der Waals surface area contributed by atoms with Crippen molar-refractivity contribution in [3.05, 3.63) is 35.6 Å². The first kappa shape index (κ1) is 39.4. The highest BCUT2D eigenvalue weighted by molar-refractivity contribution is 5.83. The molecule has 1 heterocycles. The van der Waals surface area contributed by atoms with Crippen LogP contribution < -0.4 is 16.8 Å². The zero-order valence-electron chi connectivity index (χ0n) is 27.5. The molecule has 0 radical (unpaired) electrons. The minimum atomic E-state index is -0.333. The average Bonchev–Trinajstić information content (AvgIpc) is 3.46. The summed E-state index contributed by atoms with van der Waals surface area (Å²) < 4.78 is 0. The Morgan fingerprint density at radius 2 is 1.71 bits per heavy atom. The Bertz CT molecular complexity index is 878. The number of nitrogens with one attached hydrogen (secondary N) is 1. The summed E-state index contributed by atoms with van der Waals surface area (Å²) in [7, 11) is 2.10. The van der Waals surface area contributed by atoms with Crippen LogP contribution in [0.3, 0.4) is 0 Å². The van der Waals surface area contributed by atoms with Gasteiger partial charge in [0, 0.05) is 19.2 Å². The van der Waals surface area contributed by atoms with Gasteiger partial charge in [-0.25, -0.2) is 0 Å². The fourth-order valence-corrected chi connectivity index (χ4v) is 5.77. The van der Waals surface area contributed by atoms with Crippen LogP contribution in [0, 0.1) is 23.7 Å². The molecule has 3 aliphatic rings. The first-order valence-electron chi connectivity index (χ1n) is 15.8. The maximum atomic E-state index is 10.2. The van der Waals surface area contributed by atoms with Gasteiger partial charge in [-0.15, -0.1) is 0 Å². The summed E-state index contributed by atoms with van der Waals surface area (Å²) >= 11 is 0. The first-order chi connectivity index (χ1) is 20.0. The quantitative estimate of drug-likeness (QED) is 0.165. The predicted octanol–water partition coefficient (Wildman–Crippen LogP) is 5.58. The van der Waals surface area contributed by atoms with E-state index in [2.05, 4.69) is 75.2 Å². The van der Waals surface area contributed by atoms with Crippen molar-refractivity contribution >= 4 is 24.3 Å². The SMILES string of the molecule is C=C(C=O)CN1CCCC1.CC(N)=O.CNCC(CCC(C)=NC1=C(C)CC(C(C)C)C=C1)C1CCCCC1.NC=O. The Hall–Kier alpha value is -2.58. The van der Waals surface area contributed by atoms with Crippen molar-refractivity contribution in [2.24, 2.45) is 40.1 Å². The summed E-state index contributed by atoms with van der Waals surface area (Å²) in [5.74, 6) is 2.82. The van der Waals surface area contributed by atoms with E-state index in [-0.39, 0.29) is 12.3 Å². The van der Waals surface area contributed by atoms with Crippen LogP contribution in [0.15, 0.2) is 40.6 Å². The maximum absolute atomic E-state index is 10.2. The first-order valence-corrected chi connectivity index (χ1v) is 15.8. The molecule has 8 heteroatoms. The number of primary amides is 2. The summed E-state index contributed by atoms with van der Waals surface area (Å²) in [6.07, 6.45) is 19.1. The van der Waals surface area contributed by atoms with Crippen LogP contribution in [-0.2, 0) is 14.4 Å². The van der Waals surface area contributed by atoms with Crippen molar-refractivity contribution in [2.45, 2.75) is 98.8 Å². The number of allylic oxidation sites excluding steroid dienone is 3. The van der Waals surface area contributed by atoms with Crippen LogP contribution in [-0.4, -0.2) is 62.4 Å². The lowest BCUT2D eigenvalue weighted by Crippen LogP contribution is -2.28. The van der Waals surface area contributed by atoms with Crippen molar-refractivity contribution < 1.29 is 14.4 Å². The van der Waals surface area contributed by atoms with Gasteiger partial charge < -0.3 is 16.8 Å². The molecule has 2 atom stereocenters. The van der Waals surface area contributed by atoms with Gasteiger partial charge in [-0.1, -0.05) is 58.6 Å². The molecule has 0 aromatic heterocycles. The number of hydrogen-bond donors (Lipinski definition) is 3. The summed E-state index contributed by atoms with van der Waals surface area (Å²) in [6.45, 7) is 18.2. The van der Waals surface area contributed by atoms with E-state index >= 15 is 0 Å². The largest absolute Gasteiger partial charge is 0.372 e. The number of carbonyl (C=O) groups excluding carboxylic acids is 3. The van der Waals surface area contributed by atoms with E-state index in [0.29, 0.717) is 11.5 Å². The Morgan fingerprint density at radius 1 is 1.14 bits per heavy atom. The molecule has 2 amide bonds. The van der Waals surface area contributed by atoms with Crippen LogP contribution in [0.5, 0.6) is 0 Å². The standard InChI is InChI=1S/C23H40N2.C8H13NO.C2H5NO.CH3NO/c1-17(2)21-13-14-23(18(3)15-21)25-19(4)11-12-22(16-24-5)20-9-7-6-8-10-20;1-8(7-10)6-9-4-2-3-5-9;1-2(3)4;2-1-3/h13-14,17,20-22,24H,6-12,15-16H2,1-5H3;7H,1-6H2;1H3,(H2,3,4);1H,(H2,2,3). The fourth-order valence-electron chi connectivity index (χ4n) is 5.77. The van der Waals surface area contributed by atoms with Gasteiger partial charge in [0.2, 0.25) is 12.3 Å². The minimum absolute atomic E-state index is 0.250. The zero-order valence-corrected chi connectivity index (χ0v) is 27.5. The smallest absolute Gasteiger partial charge is 0.214 e. The van der Waals surface area contributed by atoms with Crippen LogP contribution in [0.25, 0.3) is 0 Å². The number of amides is 2. The Balaban J connectivity index is 0.000000809. The second-order valence-electron chi connectivity index (χ2n) is 12.2. The van der Waals surface area contributed by atoms with Gasteiger partial charge in [0.1, 0.15) is 6.29 Å². The van der Waals surface area contributed by atoms with E-state index in [9.17, 15) is 9.59 Å². The lowest BCUT2D eigenvalue weighted by Gasteiger charge is -2.30. The van der Waals surface area contributed by atoms with Gasteiger partial charge in [0.05, 0.1) is 5.70 Å². The van der Waals surface area contributed by atoms with Crippen LogP contribution in [0.2, 0.25) is 0 Å². The molecule has 1 aliphatic heterocycles. The molecule has 0 aromatic carbocycles. The van der Waals surface area contributed by atoms with Gasteiger partial charge in [-0.3, -0.25) is 24.3 Å². The highest BCUT2D eigenvalue weighted by Crippen LogP contribution is 2.33. The number of nitrogens with two attached hydrogens (primary N) is 2. The minimum Gasteiger partial charge on any atom is -0.372 e. The van der Waals surface area contributed by atoms with Gasteiger partial charge in [0.25, 0.3) is 0 Å². The number of likely N-dealkylation sites (tertiary alicyclic amines) is 1. The van der Waals surface area contributed by atoms with Crippen LogP contribution in [0.1, 0.15) is 98.8 Å². The topological polar surface area (TPSA) is 131 Å². The van der Waals surface area contributed by atoms with Crippen LogP contribution in [0.4, 0.5) is 0 Å². The van der Waals surface area contributed by atoms with Crippen molar-refractivity contribution in [1.82, 2.24) is 10.2 Å². The van der Waals surface area contributed by atoms with Gasteiger partial charge in [-0.05, 0) is 114 Å². The lowest BCUT2D eigenvalue weighted by atomic mass is 9.77. The molecule has 240 valence electrons. The number of rotatable bonds is 11. The molecular weight excluding hydrogens is 526 g/mol. The number of aliphatic imine (C=N–C) groups is 1. The molecular formula is C34H61N5O3. The number of aldehydes is 1. The molecule has 0 bridgehead atoms. The molecule has 2 unspecified atom stereocenters. The number of carbonyl (C=O) groups is 3. The molecule has 1 saturated carbocycles. The Kier molecular flexibility index (Phi) is 22.5. The number of nitrogens with zero attached hydrogens (tertiary/aromatic N) is 2. The third-order valence-corrected chi connectivity index (χ3v) is 8.10. The predicted molar refractivity (Wildman–Crippen MR) is 177 cm³/mol. The molecule has 3 rings (SSSR count). The van der Waals surface area contributed by atoms with Crippen molar-refractivity contribution in [2.75, 3.05) is 33.2 Å². The lowest BCUT2D eigenvalue weighted by molar-refractivity contribution is -0.116. The maximum Gasteiger partial charge on any atom is 0.214 e. The highest BCUT2D eigenvalue weighted by atomic mass is 16.1. The zero-order chi connectivity index (χ0) is 31.9. The average molecular weight is 588 g/mol. The summed E-state index contributed by atoms with van der Waals surface area (Å²) in [5, 5.41) is 3.43. The highest BCUT2D eigenvalue weighted by Gasteiger charge is 2.23. The normalized spacial score (nSPS) is 19.9.